The molecular formula is C25H23OPS. The Labute approximate surface area is 172 Å². The van der Waals surface area contributed by atoms with E-state index in [1.165, 1.54) is 37.5 Å². The first-order chi connectivity index (χ1) is 13.7. The summed E-state index contributed by atoms with van der Waals surface area (Å²) in [5.74, 6) is 0.890. The van der Waals surface area contributed by atoms with Crippen molar-refractivity contribution in [3.8, 4) is 16.2 Å². The summed E-state index contributed by atoms with van der Waals surface area (Å²) in [5.41, 5.74) is 3.84. The second kappa shape index (κ2) is 8.31. The van der Waals surface area contributed by atoms with E-state index in [1.54, 1.807) is 7.11 Å². The summed E-state index contributed by atoms with van der Waals surface area (Å²) in [7, 11) is 1.10. The molecule has 0 spiro atoms. The van der Waals surface area contributed by atoms with E-state index in [1.807, 2.05) is 23.5 Å². The van der Waals surface area contributed by atoms with Crippen molar-refractivity contribution >= 4 is 35.2 Å². The van der Waals surface area contributed by atoms with E-state index in [0.717, 1.165) is 5.75 Å². The fourth-order valence-electron chi connectivity index (χ4n) is 3.25. The van der Waals surface area contributed by atoms with Gasteiger partial charge in [-0.05, 0) is 73.7 Å². The molecule has 140 valence electrons. The van der Waals surface area contributed by atoms with Gasteiger partial charge in [-0.2, -0.15) is 0 Å². The zero-order valence-corrected chi connectivity index (χ0v) is 18.1. The Kier molecular flexibility index (Phi) is 5.62. The summed E-state index contributed by atoms with van der Waals surface area (Å²) < 4.78 is 5.33. The van der Waals surface area contributed by atoms with Crippen LogP contribution in [0.3, 0.4) is 0 Å². The maximum atomic E-state index is 5.33. The number of hydrogen-bond acceptors (Lipinski definition) is 2. The van der Waals surface area contributed by atoms with Crippen LogP contribution in [0.5, 0.6) is 5.75 Å². The summed E-state index contributed by atoms with van der Waals surface area (Å²) in [4.78, 5) is 1.34. The van der Waals surface area contributed by atoms with E-state index in [4.69, 9.17) is 4.74 Å². The summed E-state index contributed by atoms with van der Waals surface area (Å²) in [6.07, 6.45) is 0. The molecule has 0 saturated heterocycles. The molecular weight excluding hydrogens is 379 g/mol. The van der Waals surface area contributed by atoms with Gasteiger partial charge in [-0.3, -0.25) is 0 Å². The zero-order valence-electron chi connectivity index (χ0n) is 16.3. The Morgan fingerprint density at radius 2 is 1.21 bits per heavy atom. The third kappa shape index (κ3) is 3.90. The molecule has 0 N–H and O–H groups in total. The molecule has 0 unspecified atom stereocenters. The molecule has 1 heterocycles. The molecule has 0 aliphatic rings. The highest BCUT2D eigenvalue weighted by atomic mass is 32.1. The molecule has 1 nitrogen and oxygen atoms in total. The minimum Gasteiger partial charge on any atom is -0.497 e. The van der Waals surface area contributed by atoms with Gasteiger partial charge < -0.3 is 4.74 Å². The van der Waals surface area contributed by atoms with Gasteiger partial charge in [-0.1, -0.05) is 59.7 Å². The van der Waals surface area contributed by atoms with Gasteiger partial charge in [-0.15, -0.1) is 11.3 Å². The van der Waals surface area contributed by atoms with Crippen LogP contribution in [0.1, 0.15) is 11.1 Å². The van der Waals surface area contributed by atoms with Crippen LogP contribution in [0, 0.1) is 13.8 Å². The molecule has 3 aromatic carbocycles. The van der Waals surface area contributed by atoms with Crippen LogP contribution in [0.25, 0.3) is 10.4 Å². The summed E-state index contributed by atoms with van der Waals surface area (Å²) in [6.45, 7) is 4.29. The van der Waals surface area contributed by atoms with Crippen molar-refractivity contribution in [1.29, 1.82) is 0 Å². The zero-order chi connectivity index (χ0) is 19.5. The van der Waals surface area contributed by atoms with E-state index < -0.39 is 7.92 Å². The highest BCUT2D eigenvalue weighted by molar-refractivity contribution is 7.80. The fourth-order valence-corrected chi connectivity index (χ4v) is 6.89. The number of benzene rings is 3. The Bertz CT molecular complexity index is 1000. The molecule has 4 aromatic rings. The molecule has 0 fully saturated rings. The maximum Gasteiger partial charge on any atom is 0.118 e. The molecule has 4 rings (SSSR count). The lowest BCUT2D eigenvalue weighted by molar-refractivity contribution is 0.415. The standard InChI is InChI=1S/C25H23OPS/c1-18-4-12-22(13-5-18)27(23-14-6-19(2)7-15-23)24-16-17-28-25(24)20-8-10-21(26-3)11-9-20/h4-17H,1-3H3. The molecule has 0 saturated carbocycles. The Hall–Kier alpha value is -2.41. The van der Waals surface area contributed by atoms with Crippen LogP contribution in [0.2, 0.25) is 0 Å². The van der Waals surface area contributed by atoms with Gasteiger partial charge in [0.2, 0.25) is 0 Å². The Morgan fingerprint density at radius 1 is 0.679 bits per heavy atom. The van der Waals surface area contributed by atoms with Gasteiger partial charge in [0, 0.05) is 10.2 Å². The predicted molar refractivity (Wildman–Crippen MR) is 124 cm³/mol. The number of thiophene rings is 1. The largest absolute Gasteiger partial charge is 0.497 e. The lowest BCUT2D eigenvalue weighted by atomic mass is 10.2. The van der Waals surface area contributed by atoms with Crippen molar-refractivity contribution in [3.05, 3.63) is 95.4 Å². The van der Waals surface area contributed by atoms with Crippen molar-refractivity contribution in [1.82, 2.24) is 0 Å². The maximum absolute atomic E-state index is 5.33. The van der Waals surface area contributed by atoms with Gasteiger partial charge in [0.1, 0.15) is 5.75 Å². The van der Waals surface area contributed by atoms with Crippen molar-refractivity contribution in [2.45, 2.75) is 13.8 Å². The van der Waals surface area contributed by atoms with Crippen LogP contribution >= 0.6 is 19.3 Å². The summed E-state index contributed by atoms with van der Waals surface area (Å²) in [6, 6.07) is 28.7. The van der Waals surface area contributed by atoms with Gasteiger partial charge >= 0.3 is 0 Å². The topological polar surface area (TPSA) is 9.23 Å². The number of aryl methyl sites for hydroxylation is 2. The number of hydrogen-bond donors (Lipinski definition) is 0. The molecule has 0 atom stereocenters. The van der Waals surface area contributed by atoms with E-state index in [9.17, 15) is 0 Å². The van der Waals surface area contributed by atoms with Crippen molar-refractivity contribution in [2.75, 3.05) is 7.11 Å². The minimum absolute atomic E-state index is 0.610. The van der Waals surface area contributed by atoms with Crippen molar-refractivity contribution < 1.29 is 4.74 Å². The molecule has 0 radical (unpaired) electrons. The van der Waals surface area contributed by atoms with Crippen LogP contribution in [-0.2, 0) is 0 Å². The summed E-state index contributed by atoms with van der Waals surface area (Å²) in [5, 5.41) is 6.40. The van der Waals surface area contributed by atoms with Gasteiger partial charge in [0.25, 0.3) is 0 Å². The van der Waals surface area contributed by atoms with Crippen LogP contribution in [0.4, 0.5) is 0 Å². The molecule has 0 aliphatic carbocycles. The Balaban J connectivity index is 1.84. The third-order valence-corrected chi connectivity index (χ3v) is 8.42. The van der Waals surface area contributed by atoms with Crippen LogP contribution < -0.4 is 20.7 Å². The predicted octanol–water partition coefficient (Wildman–Crippen LogP) is 5.80. The monoisotopic (exact) mass is 402 g/mol. The first-order valence-electron chi connectivity index (χ1n) is 9.31. The first-order valence-corrected chi connectivity index (χ1v) is 11.5. The average molecular weight is 402 g/mol. The van der Waals surface area contributed by atoms with E-state index in [2.05, 4.69) is 86.0 Å². The molecule has 0 amide bonds. The highest BCUT2D eigenvalue weighted by Gasteiger charge is 2.21. The third-order valence-electron chi connectivity index (χ3n) is 4.82. The molecule has 28 heavy (non-hydrogen) atoms. The van der Waals surface area contributed by atoms with E-state index in [0.29, 0.717) is 0 Å². The summed E-state index contributed by atoms with van der Waals surface area (Å²) >= 11 is 1.82. The SMILES string of the molecule is COc1ccc(-c2sccc2P(c2ccc(C)cc2)c2ccc(C)cc2)cc1. The first kappa shape index (κ1) is 18.9. The Morgan fingerprint density at radius 3 is 1.71 bits per heavy atom. The lowest BCUT2D eigenvalue weighted by Gasteiger charge is -2.20. The normalized spacial score (nSPS) is 11.0. The van der Waals surface area contributed by atoms with Crippen molar-refractivity contribution in [2.24, 2.45) is 0 Å². The van der Waals surface area contributed by atoms with Crippen molar-refractivity contribution in [3.63, 3.8) is 0 Å². The smallest absolute Gasteiger partial charge is 0.118 e. The molecule has 0 aliphatic heterocycles. The second-order valence-corrected chi connectivity index (χ2v) is 9.97. The van der Waals surface area contributed by atoms with Gasteiger partial charge in [0.05, 0.1) is 7.11 Å². The fraction of sp³-hybridized carbons (Fsp3) is 0.120. The van der Waals surface area contributed by atoms with Gasteiger partial charge in [0.15, 0.2) is 0 Å². The minimum atomic E-state index is -0.610. The van der Waals surface area contributed by atoms with Gasteiger partial charge in [-0.25, -0.2) is 0 Å². The van der Waals surface area contributed by atoms with Crippen LogP contribution in [0.15, 0.2) is 84.2 Å². The number of methoxy groups -OCH3 is 1. The lowest BCUT2D eigenvalue weighted by Crippen LogP contribution is -2.20. The average Bonchev–Trinajstić information content (AvgIpc) is 3.20. The van der Waals surface area contributed by atoms with Crippen LogP contribution in [-0.4, -0.2) is 7.11 Å². The second-order valence-electron chi connectivity index (χ2n) is 6.87. The molecule has 0 bridgehead atoms. The number of rotatable bonds is 5. The van der Waals surface area contributed by atoms with E-state index >= 15 is 0 Å². The molecule has 3 heteroatoms. The molecule has 1 aromatic heterocycles. The van der Waals surface area contributed by atoms with E-state index in [-0.39, 0.29) is 0 Å². The quantitative estimate of drug-likeness (QED) is 0.384. The number of ether oxygens (including phenoxy) is 1. The highest BCUT2D eigenvalue weighted by Crippen LogP contribution is 2.39.